The predicted molar refractivity (Wildman–Crippen MR) is 126 cm³/mol. The van der Waals surface area contributed by atoms with Crippen LogP contribution in [-0.2, 0) is 16.1 Å². The van der Waals surface area contributed by atoms with Crippen LogP contribution in [0, 0.1) is 12.8 Å². The molecular formula is C26H30N4O2. The summed E-state index contributed by atoms with van der Waals surface area (Å²) in [7, 11) is 0. The van der Waals surface area contributed by atoms with Gasteiger partial charge in [0.15, 0.2) is 0 Å². The minimum absolute atomic E-state index is 0.0367. The number of likely N-dealkylation sites (tertiary alicyclic amines) is 1. The molecule has 2 aromatic carbocycles. The van der Waals surface area contributed by atoms with E-state index in [9.17, 15) is 9.59 Å². The number of fused-ring (bicyclic) bond motifs is 1. The molecule has 5 rings (SSSR count). The van der Waals surface area contributed by atoms with Gasteiger partial charge in [0.1, 0.15) is 12.4 Å². The van der Waals surface area contributed by atoms with Crippen LogP contribution in [0.25, 0.3) is 11.0 Å². The summed E-state index contributed by atoms with van der Waals surface area (Å²) in [6.07, 6.45) is 2.53. The molecule has 32 heavy (non-hydrogen) atoms. The summed E-state index contributed by atoms with van der Waals surface area (Å²) in [5.41, 5.74) is 3.93. The van der Waals surface area contributed by atoms with Gasteiger partial charge in [-0.25, -0.2) is 4.98 Å². The highest BCUT2D eigenvalue weighted by Crippen LogP contribution is 2.33. The van der Waals surface area contributed by atoms with Crippen molar-refractivity contribution in [2.24, 2.45) is 5.92 Å². The monoisotopic (exact) mass is 430 g/mol. The van der Waals surface area contributed by atoms with E-state index in [-0.39, 0.29) is 24.3 Å². The van der Waals surface area contributed by atoms with Crippen LogP contribution >= 0.6 is 0 Å². The molecule has 0 saturated carbocycles. The summed E-state index contributed by atoms with van der Waals surface area (Å²) in [5, 5.41) is 0. The van der Waals surface area contributed by atoms with E-state index in [1.165, 1.54) is 5.56 Å². The molecule has 0 bridgehead atoms. The first-order valence-electron chi connectivity index (χ1n) is 11.6. The van der Waals surface area contributed by atoms with Crippen molar-refractivity contribution in [1.82, 2.24) is 14.5 Å². The molecule has 166 valence electrons. The number of para-hydroxylation sites is 2. The van der Waals surface area contributed by atoms with E-state index >= 15 is 0 Å². The molecule has 3 heterocycles. The van der Waals surface area contributed by atoms with Gasteiger partial charge in [-0.05, 0) is 49.9 Å². The Balaban J connectivity index is 1.43. The molecule has 3 aromatic rings. The number of rotatable bonds is 4. The number of benzene rings is 2. The molecule has 1 atom stereocenters. The van der Waals surface area contributed by atoms with E-state index in [2.05, 4.69) is 6.92 Å². The van der Waals surface area contributed by atoms with Gasteiger partial charge in [0.2, 0.25) is 11.8 Å². The number of piperidine rings is 1. The van der Waals surface area contributed by atoms with E-state index in [1.54, 1.807) is 0 Å². The summed E-state index contributed by atoms with van der Waals surface area (Å²) < 4.78 is 2.05. The average Bonchev–Trinajstić information content (AvgIpc) is 3.35. The molecule has 2 saturated heterocycles. The largest absolute Gasteiger partial charge is 0.341 e. The van der Waals surface area contributed by atoms with Gasteiger partial charge in [0.25, 0.3) is 0 Å². The normalized spacial score (nSPS) is 19.8. The van der Waals surface area contributed by atoms with Crippen molar-refractivity contribution >= 4 is 28.5 Å². The Morgan fingerprint density at radius 1 is 1.06 bits per heavy atom. The first kappa shape index (κ1) is 20.7. The summed E-state index contributed by atoms with van der Waals surface area (Å²) in [4.78, 5) is 34.8. The van der Waals surface area contributed by atoms with E-state index in [1.807, 2.05) is 69.8 Å². The number of carbonyl (C=O) groups is 2. The van der Waals surface area contributed by atoms with Gasteiger partial charge in [-0.15, -0.1) is 0 Å². The number of aromatic nitrogens is 2. The Hall–Kier alpha value is -3.15. The van der Waals surface area contributed by atoms with Crippen molar-refractivity contribution in [1.29, 1.82) is 0 Å². The van der Waals surface area contributed by atoms with Gasteiger partial charge in [-0.2, -0.15) is 0 Å². The quantitative estimate of drug-likeness (QED) is 0.626. The Bertz CT molecular complexity index is 1140. The maximum Gasteiger partial charge on any atom is 0.242 e. The predicted octanol–water partition coefficient (Wildman–Crippen LogP) is 4.12. The smallest absolute Gasteiger partial charge is 0.242 e. The number of hydrogen-bond acceptors (Lipinski definition) is 3. The zero-order chi connectivity index (χ0) is 22.2. The van der Waals surface area contributed by atoms with E-state index in [0.717, 1.165) is 48.5 Å². The first-order valence-corrected chi connectivity index (χ1v) is 11.6. The summed E-state index contributed by atoms with van der Waals surface area (Å²) >= 11 is 0. The Morgan fingerprint density at radius 3 is 2.53 bits per heavy atom. The number of anilines is 1. The van der Waals surface area contributed by atoms with Crippen LogP contribution in [0.5, 0.6) is 0 Å². The van der Waals surface area contributed by atoms with Crippen LogP contribution < -0.4 is 4.90 Å². The molecule has 0 unspecified atom stereocenters. The molecule has 6 nitrogen and oxygen atoms in total. The second-order valence-corrected chi connectivity index (χ2v) is 9.35. The third-order valence-electron chi connectivity index (χ3n) is 6.95. The Labute approximate surface area is 188 Å². The number of aryl methyl sites for hydroxylation is 1. The maximum absolute atomic E-state index is 13.2. The molecule has 2 fully saturated rings. The molecule has 2 amide bonds. The van der Waals surface area contributed by atoms with Crippen LogP contribution in [0.4, 0.5) is 5.69 Å². The third-order valence-corrected chi connectivity index (χ3v) is 6.95. The lowest BCUT2D eigenvalue weighted by molar-refractivity contribution is -0.133. The highest BCUT2D eigenvalue weighted by Gasteiger charge is 2.35. The van der Waals surface area contributed by atoms with E-state index in [0.29, 0.717) is 18.9 Å². The average molecular weight is 431 g/mol. The number of imidazole rings is 1. The molecule has 0 radical (unpaired) electrons. The van der Waals surface area contributed by atoms with Gasteiger partial charge in [-0.1, -0.05) is 36.8 Å². The van der Waals surface area contributed by atoms with Crippen molar-refractivity contribution < 1.29 is 9.59 Å². The van der Waals surface area contributed by atoms with Crippen molar-refractivity contribution in [2.45, 2.75) is 45.6 Å². The van der Waals surface area contributed by atoms with E-state index < -0.39 is 0 Å². The molecule has 0 spiro atoms. The number of amides is 2. The van der Waals surface area contributed by atoms with Gasteiger partial charge in [0, 0.05) is 37.7 Å². The van der Waals surface area contributed by atoms with Crippen LogP contribution in [-0.4, -0.2) is 45.9 Å². The molecule has 2 aliphatic rings. The van der Waals surface area contributed by atoms with Crippen molar-refractivity contribution in [2.75, 3.05) is 24.5 Å². The summed E-state index contributed by atoms with van der Waals surface area (Å²) in [6, 6.07) is 16.0. The topological polar surface area (TPSA) is 58.4 Å². The number of nitrogens with zero attached hydrogens (tertiary/aromatic N) is 4. The van der Waals surface area contributed by atoms with Gasteiger partial charge in [-0.3, -0.25) is 9.59 Å². The standard InChI is InChI=1S/C26H30N4O2/c1-18-7-9-21(10-8-18)29-16-20(15-24(29)31)26-27-22-5-3-4-6-23(22)30(26)17-25(32)28-13-11-19(2)12-14-28/h3-10,19-20H,11-17H2,1-2H3/t20-/m0/s1. The van der Waals surface area contributed by atoms with Crippen molar-refractivity contribution in [3.8, 4) is 0 Å². The van der Waals surface area contributed by atoms with Crippen molar-refractivity contribution in [3.05, 3.63) is 59.9 Å². The van der Waals surface area contributed by atoms with E-state index in [4.69, 9.17) is 4.98 Å². The number of hydrogen-bond donors (Lipinski definition) is 0. The lowest BCUT2D eigenvalue weighted by Gasteiger charge is -2.30. The van der Waals surface area contributed by atoms with Crippen molar-refractivity contribution in [3.63, 3.8) is 0 Å². The third kappa shape index (κ3) is 3.90. The second kappa shape index (κ2) is 8.41. The minimum atomic E-state index is -0.0367. The molecule has 0 N–H and O–H groups in total. The van der Waals surface area contributed by atoms with Crippen LogP contribution in [0.15, 0.2) is 48.5 Å². The Morgan fingerprint density at radius 2 is 1.78 bits per heavy atom. The Kier molecular flexibility index (Phi) is 5.45. The zero-order valence-electron chi connectivity index (χ0n) is 18.8. The fraction of sp³-hybridized carbons (Fsp3) is 0.423. The highest BCUT2D eigenvalue weighted by molar-refractivity contribution is 5.96. The van der Waals surface area contributed by atoms with Crippen LogP contribution in [0.2, 0.25) is 0 Å². The molecular weight excluding hydrogens is 400 g/mol. The van der Waals surface area contributed by atoms with Crippen LogP contribution in [0.3, 0.4) is 0 Å². The van der Waals surface area contributed by atoms with Gasteiger partial charge in [0.05, 0.1) is 11.0 Å². The van der Waals surface area contributed by atoms with Gasteiger partial charge < -0.3 is 14.4 Å². The minimum Gasteiger partial charge on any atom is -0.341 e. The summed E-state index contributed by atoms with van der Waals surface area (Å²) in [5.74, 6) is 1.73. The molecule has 1 aromatic heterocycles. The SMILES string of the molecule is Cc1ccc(N2C[C@@H](c3nc4ccccc4n3CC(=O)N3CCC(C)CC3)CC2=O)cc1. The number of carbonyl (C=O) groups excluding carboxylic acids is 2. The molecule has 2 aliphatic heterocycles. The zero-order valence-corrected chi connectivity index (χ0v) is 18.8. The van der Waals surface area contributed by atoms with Gasteiger partial charge >= 0.3 is 0 Å². The van der Waals surface area contributed by atoms with Crippen LogP contribution in [0.1, 0.15) is 43.5 Å². The lowest BCUT2D eigenvalue weighted by atomic mass is 9.99. The molecule has 0 aliphatic carbocycles. The first-order chi connectivity index (χ1) is 15.5. The lowest BCUT2D eigenvalue weighted by Crippen LogP contribution is -2.40. The fourth-order valence-electron chi connectivity index (χ4n) is 4.92. The highest BCUT2D eigenvalue weighted by atomic mass is 16.2. The summed E-state index contributed by atoms with van der Waals surface area (Å²) in [6.45, 7) is 6.80. The maximum atomic E-state index is 13.2. The second-order valence-electron chi connectivity index (χ2n) is 9.35. The molecule has 6 heteroatoms. The fourth-order valence-corrected chi connectivity index (χ4v) is 4.92.